The van der Waals surface area contributed by atoms with E-state index in [9.17, 15) is 4.79 Å². The lowest BCUT2D eigenvalue weighted by atomic mass is 10.2. The minimum absolute atomic E-state index is 0.237. The summed E-state index contributed by atoms with van der Waals surface area (Å²) in [4.78, 5) is 23.5. The van der Waals surface area contributed by atoms with Gasteiger partial charge >= 0.3 is 0 Å². The summed E-state index contributed by atoms with van der Waals surface area (Å²) in [7, 11) is 0. The van der Waals surface area contributed by atoms with E-state index in [0.29, 0.717) is 11.5 Å². The van der Waals surface area contributed by atoms with Crippen LogP contribution in [0.15, 0.2) is 66.7 Å². The first-order valence-corrected chi connectivity index (χ1v) is 8.66. The van der Waals surface area contributed by atoms with Crippen molar-refractivity contribution in [3.05, 3.63) is 83.8 Å². The summed E-state index contributed by atoms with van der Waals surface area (Å²) in [6.07, 6.45) is 0. The molecule has 1 aromatic heterocycles. The van der Waals surface area contributed by atoms with E-state index in [1.165, 1.54) is 5.56 Å². The van der Waals surface area contributed by atoms with Crippen molar-refractivity contribution in [3.8, 4) is 0 Å². The van der Waals surface area contributed by atoms with Gasteiger partial charge in [0.25, 0.3) is 5.91 Å². The molecule has 132 valence electrons. The lowest BCUT2D eigenvalue weighted by molar-refractivity contribution is 0.102. The Kier molecular flexibility index (Phi) is 5.59. The Morgan fingerprint density at radius 3 is 2.31 bits per heavy atom. The van der Waals surface area contributed by atoms with Crippen LogP contribution in [0.1, 0.15) is 28.8 Å². The molecule has 0 aliphatic carbocycles. The number of nitrogens with zero attached hydrogens (tertiary/aromatic N) is 3. The molecule has 0 unspecified atom stereocenters. The second-order valence-electron chi connectivity index (χ2n) is 5.98. The van der Waals surface area contributed by atoms with Crippen LogP contribution in [0.3, 0.4) is 0 Å². The van der Waals surface area contributed by atoms with E-state index < -0.39 is 0 Å². The molecule has 1 amide bonds. The highest BCUT2D eigenvalue weighted by molar-refractivity contribution is 6.03. The molecule has 0 spiro atoms. The number of nitrogens with one attached hydrogen (secondary N) is 1. The Hall–Kier alpha value is -3.21. The summed E-state index contributed by atoms with van der Waals surface area (Å²) >= 11 is 0. The molecular weight excluding hydrogens is 324 g/mol. The molecule has 0 saturated heterocycles. The van der Waals surface area contributed by atoms with Gasteiger partial charge in [-0.25, -0.2) is 9.97 Å². The zero-order chi connectivity index (χ0) is 18.4. The van der Waals surface area contributed by atoms with Crippen molar-refractivity contribution in [2.45, 2.75) is 20.4 Å². The molecule has 3 aromatic rings. The SMILES string of the molecule is CCN(Cc1ccccc1)c1cc(C(=O)Nc2ccccc2)nc(C)n1. The quantitative estimate of drug-likeness (QED) is 0.731. The van der Waals surface area contributed by atoms with Crippen molar-refractivity contribution in [1.29, 1.82) is 0 Å². The smallest absolute Gasteiger partial charge is 0.274 e. The fourth-order valence-electron chi connectivity index (χ4n) is 2.71. The molecule has 2 aromatic carbocycles. The highest BCUT2D eigenvalue weighted by atomic mass is 16.1. The van der Waals surface area contributed by atoms with Crippen molar-refractivity contribution in [3.63, 3.8) is 0 Å². The van der Waals surface area contributed by atoms with E-state index in [0.717, 1.165) is 24.6 Å². The average molecular weight is 346 g/mol. The molecule has 5 heteroatoms. The van der Waals surface area contributed by atoms with Gasteiger partial charge in [-0.3, -0.25) is 4.79 Å². The van der Waals surface area contributed by atoms with Crippen LogP contribution >= 0.6 is 0 Å². The minimum Gasteiger partial charge on any atom is -0.352 e. The summed E-state index contributed by atoms with van der Waals surface area (Å²) in [6, 6.07) is 21.3. The number of aryl methyl sites for hydroxylation is 1. The van der Waals surface area contributed by atoms with Gasteiger partial charge in [-0.2, -0.15) is 0 Å². The highest BCUT2D eigenvalue weighted by Gasteiger charge is 2.14. The summed E-state index contributed by atoms with van der Waals surface area (Å²) in [5.74, 6) is 1.09. The second-order valence-corrected chi connectivity index (χ2v) is 5.98. The van der Waals surface area contributed by atoms with Gasteiger partial charge in [-0.05, 0) is 31.5 Å². The average Bonchev–Trinajstić information content (AvgIpc) is 2.67. The van der Waals surface area contributed by atoms with Crippen molar-refractivity contribution in [2.75, 3.05) is 16.8 Å². The first-order valence-electron chi connectivity index (χ1n) is 8.66. The Morgan fingerprint density at radius 2 is 1.65 bits per heavy atom. The number of hydrogen-bond donors (Lipinski definition) is 1. The Labute approximate surface area is 153 Å². The topological polar surface area (TPSA) is 58.1 Å². The number of hydrogen-bond acceptors (Lipinski definition) is 4. The van der Waals surface area contributed by atoms with E-state index in [1.807, 2.05) is 48.5 Å². The highest BCUT2D eigenvalue weighted by Crippen LogP contribution is 2.17. The molecule has 3 rings (SSSR count). The first-order chi connectivity index (χ1) is 12.7. The molecule has 0 saturated carbocycles. The number of para-hydroxylation sites is 1. The van der Waals surface area contributed by atoms with Gasteiger partial charge in [0.05, 0.1) is 0 Å². The van der Waals surface area contributed by atoms with E-state index >= 15 is 0 Å². The predicted molar refractivity (Wildman–Crippen MR) is 104 cm³/mol. The fraction of sp³-hybridized carbons (Fsp3) is 0.190. The van der Waals surface area contributed by atoms with Gasteiger partial charge in [0.2, 0.25) is 0 Å². The normalized spacial score (nSPS) is 10.4. The van der Waals surface area contributed by atoms with Gasteiger partial charge in [0.15, 0.2) is 0 Å². The van der Waals surface area contributed by atoms with Crippen LogP contribution in [0.5, 0.6) is 0 Å². The van der Waals surface area contributed by atoms with E-state index in [4.69, 9.17) is 0 Å². The summed E-state index contributed by atoms with van der Waals surface area (Å²) in [5, 5.41) is 2.87. The summed E-state index contributed by atoms with van der Waals surface area (Å²) < 4.78 is 0. The van der Waals surface area contributed by atoms with Crippen LogP contribution in [0, 0.1) is 6.92 Å². The lowest BCUT2D eigenvalue weighted by Crippen LogP contribution is -2.25. The van der Waals surface area contributed by atoms with E-state index in [-0.39, 0.29) is 5.91 Å². The van der Waals surface area contributed by atoms with Crippen molar-refractivity contribution in [2.24, 2.45) is 0 Å². The van der Waals surface area contributed by atoms with Crippen LogP contribution in [0.25, 0.3) is 0 Å². The standard InChI is InChI=1S/C21H22N4O/c1-3-25(15-17-10-6-4-7-11-17)20-14-19(22-16(2)23-20)21(26)24-18-12-8-5-9-13-18/h4-14H,3,15H2,1-2H3,(H,24,26). The number of amides is 1. The fourth-order valence-corrected chi connectivity index (χ4v) is 2.71. The van der Waals surface area contributed by atoms with Crippen LogP contribution in [-0.2, 0) is 6.54 Å². The third-order valence-corrected chi connectivity index (χ3v) is 4.01. The molecule has 0 radical (unpaired) electrons. The second kappa shape index (κ2) is 8.25. The van der Waals surface area contributed by atoms with Crippen molar-refractivity contribution in [1.82, 2.24) is 9.97 Å². The van der Waals surface area contributed by atoms with Crippen LogP contribution in [0.2, 0.25) is 0 Å². The van der Waals surface area contributed by atoms with E-state index in [2.05, 4.69) is 39.2 Å². The molecular formula is C21H22N4O. The predicted octanol–water partition coefficient (Wildman–Crippen LogP) is 4.06. The Balaban J connectivity index is 1.83. The molecule has 26 heavy (non-hydrogen) atoms. The third kappa shape index (κ3) is 4.45. The zero-order valence-electron chi connectivity index (χ0n) is 15.0. The van der Waals surface area contributed by atoms with E-state index in [1.54, 1.807) is 13.0 Å². The van der Waals surface area contributed by atoms with Crippen molar-refractivity contribution >= 4 is 17.4 Å². The lowest BCUT2D eigenvalue weighted by Gasteiger charge is -2.22. The summed E-state index contributed by atoms with van der Waals surface area (Å²) in [5.41, 5.74) is 2.30. The Bertz CT molecular complexity index is 866. The molecule has 0 aliphatic heterocycles. The van der Waals surface area contributed by atoms with Crippen LogP contribution in [0.4, 0.5) is 11.5 Å². The molecule has 0 fully saturated rings. The molecule has 0 bridgehead atoms. The largest absolute Gasteiger partial charge is 0.352 e. The molecule has 1 N–H and O–H groups in total. The maximum Gasteiger partial charge on any atom is 0.274 e. The van der Waals surface area contributed by atoms with Gasteiger partial charge in [-0.1, -0.05) is 48.5 Å². The van der Waals surface area contributed by atoms with Gasteiger partial charge in [0, 0.05) is 24.8 Å². The maximum absolute atomic E-state index is 12.6. The number of benzene rings is 2. The zero-order valence-corrected chi connectivity index (χ0v) is 15.0. The number of carbonyl (C=O) groups is 1. The monoisotopic (exact) mass is 346 g/mol. The molecule has 5 nitrogen and oxygen atoms in total. The maximum atomic E-state index is 12.6. The van der Waals surface area contributed by atoms with Crippen molar-refractivity contribution < 1.29 is 4.79 Å². The first kappa shape index (κ1) is 17.6. The van der Waals surface area contributed by atoms with Gasteiger partial charge in [0.1, 0.15) is 17.3 Å². The molecule has 1 heterocycles. The molecule has 0 aliphatic rings. The van der Waals surface area contributed by atoms with Crippen LogP contribution < -0.4 is 10.2 Å². The van der Waals surface area contributed by atoms with Crippen LogP contribution in [-0.4, -0.2) is 22.4 Å². The number of anilines is 2. The van der Waals surface area contributed by atoms with Gasteiger partial charge in [-0.15, -0.1) is 0 Å². The minimum atomic E-state index is -0.237. The Morgan fingerprint density at radius 1 is 1.00 bits per heavy atom. The third-order valence-electron chi connectivity index (χ3n) is 4.01. The number of carbonyl (C=O) groups excluding carboxylic acids is 1. The number of aromatic nitrogens is 2. The summed E-state index contributed by atoms with van der Waals surface area (Å²) in [6.45, 7) is 5.39. The van der Waals surface area contributed by atoms with Gasteiger partial charge < -0.3 is 10.2 Å². The number of rotatable bonds is 6. The molecule has 0 atom stereocenters.